The molecule has 0 atom stereocenters. The number of rotatable bonds is 7. The van der Waals surface area contributed by atoms with Crippen LogP contribution in [0.3, 0.4) is 0 Å². The van der Waals surface area contributed by atoms with E-state index >= 15 is 0 Å². The molecular formula is C14H17NO3. The number of benzene rings is 1. The Hall–Kier alpha value is -1.94. The van der Waals surface area contributed by atoms with Crippen LogP contribution in [-0.2, 0) is 6.54 Å². The maximum Gasteiger partial charge on any atom is 0.161 e. The fourth-order valence-electron chi connectivity index (χ4n) is 1.60. The fraction of sp³-hybridized carbons (Fsp3) is 0.286. The Labute approximate surface area is 107 Å². The first-order chi connectivity index (χ1) is 8.90. The van der Waals surface area contributed by atoms with E-state index < -0.39 is 0 Å². The molecule has 2 aromatic rings. The zero-order valence-electron chi connectivity index (χ0n) is 10.4. The van der Waals surface area contributed by atoms with Gasteiger partial charge >= 0.3 is 0 Å². The van der Waals surface area contributed by atoms with Gasteiger partial charge in [-0.25, -0.2) is 0 Å². The van der Waals surface area contributed by atoms with E-state index in [-0.39, 0.29) is 0 Å². The van der Waals surface area contributed by atoms with Crippen LogP contribution in [0.25, 0.3) is 0 Å². The van der Waals surface area contributed by atoms with Gasteiger partial charge in [-0.05, 0) is 24.3 Å². The predicted molar refractivity (Wildman–Crippen MR) is 68.9 cm³/mol. The highest BCUT2D eigenvalue weighted by molar-refractivity contribution is 5.39. The number of hydrogen-bond acceptors (Lipinski definition) is 4. The van der Waals surface area contributed by atoms with Gasteiger partial charge in [0.25, 0.3) is 0 Å². The summed E-state index contributed by atoms with van der Waals surface area (Å²) in [5.41, 5.74) is 0. The minimum Gasteiger partial charge on any atom is -0.493 e. The molecule has 0 spiro atoms. The Bertz CT molecular complexity index is 454. The van der Waals surface area contributed by atoms with Crippen LogP contribution in [0.5, 0.6) is 11.5 Å². The van der Waals surface area contributed by atoms with Gasteiger partial charge in [-0.15, -0.1) is 0 Å². The fourth-order valence-corrected chi connectivity index (χ4v) is 1.60. The zero-order valence-corrected chi connectivity index (χ0v) is 10.4. The SMILES string of the molecule is COc1ccccc1OCCNCc1ccco1. The summed E-state index contributed by atoms with van der Waals surface area (Å²) >= 11 is 0. The highest BCUT2D eigenvalue weighted by Crippen LogP contribution is 2.25. The van der Waals surface area contributed by atoms with Crippen molar-refractivity contribution in [3.8, 4) is 11.5 Å². The molecule has 96 valence electrons. The van der Waals surface area contributed by atoms with E-state index in [1.54, 1.807) is 13.4 Å². The second-order valence-electron chi connectivity index (χ2n) is 3.76. The number of nitrogens with one attached hydrogen (secondary N) is 1. The number of furan rings is 1. The predicted octanol–water partition coefficient (Wildman–Crippen LogP) is 2.46. The molecule has 0 fully saturated rings. The van der Waals surface area contributed by atoms with Crippen molar-refractivity contribution in [3.63, 3.8) is 0 Å². The molecular weight excluding hydrogens is 230 g/mol. The molecule has 1 heterocycles. The maximum atomic E-state index is 5.63. The largest absolute Gasteiger partial charge is 0.493 e. The van der Waals surface area contributed by atoms with Crippen LogP contribution in [0.1, 0.15) is 5.76 Å². The lowest BCUT2D eigenvalue weighted by Crippen LogP contribution is -2.20. The average Bonchev–Trinajstić information content (AvgIpc) is 2.92. The van der Waals surface area contributed by atoms with Crippen molar-refractivity contribution in [1.29, 1.82) is 0 Å². The monoisotopic (exact) mass is 247 g/mol. The molecule has 0 saturated heterocycles. The standard InChI is InChI=1S/C14H17NO3/c1-16-13-6-2-3-7-14(13)18-10-8-15-11-12-5-4-9-17-12/h2-7,9,15H,8,10-11H2,1H3. The second-order valence-corrected chi connectivity index (χ2v) is 3.76. The lowest BCUT2D eigenvalue weighted by atomic mass is 10.3. The Balaban J connectivity index is 1.69. The van der Waals surface area contributed by atoms with Crippen LogP contribution in [-0.4, -0.2) is 20.3 Å². The van der Waals surface area contributed by atoms with Gasteiger partial charge < -0.3 is 19.2 Å². The molecule has 1 N–H and O–H groups in total. The van der Waals surface area contributed by atoms with Gasteiger partial charge in [0.15, 0.2) is 11.5 Å². The first kappa shape index (κ1) is 12.5. The molecule has 0 aliphatic heterocycles. The lowest BCUT2D eigenvalue weighted by Gasteiger charge is -2.10. The molecule has 0 amide bonds. The van der Waals surface area contributed by atoms with Gasteiger partial charge in [0.1, 0.15) is 12.4 Å². The van der Waals surface area contributed by atoms with Gasteiger partial charge in [0, 0.05) is 6.54 Å². The molecule has 0 unspecified atom stereocenters. The molecule has 0 bridgehead atoms. The molecule has 1 aromatic heterocycles. The Morgan fingerprint density at radius 1 is 1.11 bits per heavy atom. The zero-order chi connectivity index (χ0) is 12.6. The highest BCUT2D eigenvalue weighted by Gasteiger charge is 2.01. The number of methoxy groups -OCH3 is 1. The van der Waals surface area contributed by atoms with E-state index in [0.29, 0.717) is 13.2 Å². The van der Waals surface area contributed by atoms with Gasteiger partial charge in [-0.1, -0.05) is 12.1 Å². The quantitative estimate of drug-likeness (QED) is 0.763. The van der Waals surface area contributed by atoms with Crippen molar-refractivity contribution >= 4 is 0 Å². The molecule has 0 radical (unpaired) electrons. The number of para-hydroxylation sites is 2. The number of ether oxygens (including phenoxy) is 2. The topological polar surface area (TPSA) is 43.6 Å². The Morgan fingerprint density at radius 3 is 2.67 bits per heavy atom. The Kier molecular flexibility index (Phi) is 4.67. The summed E-state index contributed by atoms with van der Waals surface area (Å²) in [6.07, 6.45) is 1.67. The van der Waals surface area contributed by atoms with Gasteiger partial charge in [-0.2, -0.15) is 0 Å². The third-order valence-corrected chi connectivity index (χ3v) is 2.48. The summed E-state index contributed by atoms with van der Waals surface area (Å²) in [5, 5.41) is 3.24. The normalized spacial score (nSPS) is 10.3. The van der Waals surface area contributed by atoms with E-state index in [4.69, 9.17) is 13.9 Å². The number of hydrogen-bond donors (Lipinski definition) is 1. The van der Waals surface area contributed by atoms with Crippen LogP contribution in [0.15, 0.2) is 47.1 Å². The Morgan fingerprint density at radius 2 is 1.94 bits per heavy atom. The van der Waals surface area contributed by atoms with Crippen LogP contribution < -0.4 is 14.8 Å². The molecule has 2 rings (SSSR count). The van der Waals surface area contributed by atoms with E-state index in [1.165, 1.54) is 0 Å². The first-order valence-electron chi connectivity index (χ1n) is 5.89. The summed E-state index contributed by atoms with van der Waals surface area (Å²) in [5.74, 6) is 2.44. The highest BCUT2D eigenvalue weighted by atomic mass is 16.5. The molecule has 1 aromatic carbocycles. The van der Waals surface area contributed by atoms with Gasteiger partial charge in [-0.3, -0.25) is 0 Å². The van der Waals surface area contributed by atoms with Gasteiger partial charge in [0.05, 0.1) is 19.9 Å². The van der Waals surface area contributed by atoms with Crippen molar-refractivity contribution in [3.05, 3.63) is 48.4 Å². The first-order valence-corrected chi connectivity index (χ1v) is 5.89. The van der Waals surface area contributed by atoms with Crippen molar-refractivity contribution in [2.75, 3.05) is 20.3 Å². The van der Waals surface area contributed by atoms with Crippen molar-refractivity contribution in [1.82, 2.24) is 5.32 Å². The molecule has 4 heteroatoms. The van der Waals surface area contributed by atoms with Crippen molar-refractivity contribution in [2.45, 2.75) is 6.54 Å². The molecule has 0 aliphatic carbocycles. The molecule has 0 saturated carbocycles. The van der Waals surface area contributed by atoms with Crippen molar-refractivity contribution < 1.29 is 13.9 Å². The van der Waals surface area contributed by atoms with Crippen LogP contribution >= 0.6 is 0 Å². The summed E-state index contributed by atoms with van der Waals surface area (Å²) in [6.45, 7) is 2.04. The summed E-state index contributed by atoms with van der Waals surface area (Å²) in [4.78, 5) is 0. The summed E-state index contributed by atoms with van der Waals surface area (Å²) < 4.78 is 16.0. The van der Waals surface area contributed by atoms with Crippen LogP contribution in [0.4, 0.5) is 0 Å². The summed E-state index contributed by atoms with van der Waals surface area (Å²) in [7, 11) is 1.64. The molecule has 4 nitrogen and oxygen atoms in total. The minimum absolute atomic E-state index is 0.584. The third-order valence-electron chi connectivity index (χ3n) is 2.48. The third kappa shape index (κ3) is 3.53. The van der Waals surface area contributed by atoms with Crippen LogP contribution in [0, 0.1) is 0 Å². The van der Waals surface area contributed by atoms with Crippen LogP contribution in [0.2, 0.25) is 0 Å². The average molecular weight is 247 g/mol. The van der Waals surface area contributed by atoms with E-state index in [2.05, 4.69) is 5.32 Å². The van der Waals surface area contributed by atoms with E-state index in [9.17, 15) is 0 Å². The van der Waals surface area contributed by atoms with E-state index in [0.717, 1.165) is 23.8 Å². The smallest absolute Gasteiger partial charge is 0.161 e. The molecule has 18 heavy (non-hydrogen) atoms. The van der Waals surface area contributed by atoms with Crippen molar-refractivity contribution in [2.24, 2.45) is 0 Å². The van der Waals surface area contributed by atoms with E-state index in [1.807, 2.05) is 36.4 Å². The summed E-state index contributed by atoms with van der Waals surface area (Å²) in [6, 6.07) is 11.4. The molecule has 0 aliphatic rings. The lowest BCUT2D eigenvalue weighted by molar-refractivity contribution is 0.290. The van der Waals surface area contributed by atoms with Gasteiger partial charge in [0.2, 0.25) is 0 Å². The second kappa shape index (κ2) is 6.71. The maximum absolute atomic E-state index is 5.63. The minimum atomic E-state index is 0.584.